The van der Waals surface area contributed by atoms with Gasteiger partial charge in [-0.3, -0.25) is 0 Å². The molecule has 2 amide bonds. The Hall–Kier alpha value is -1.31. The standard InChI is InChI=1S/C13H17BrN2O4/c1-19-11-3-2-9(14)6-10(11)15-12(18)16-13(7-17)4-5-20-8-13/h2-3,6,17H,4-5,7-8H2,1H3,(H2,15,16,18)/t13-/m0/s1. The largest absolute Gasteiger partial charge is 0.495 e. The molecule has 2 rings (SSSR count). The van der Waals surface area contributed by atoms with Crippen LogP contribution in [0.4, 0.5) is 10.5 Å². The summed E-state index contributed by atoms with van der Waals surface area (Å²) in [5.41, 5.74) is -0.157. The highest BCUT2D eigenvalue weighted by Gasteiger charge is 2.36. The van der Waals surface area contributed by atoms with Crippen molar-refractivity contribution in [2.75, 3.05) is 32.2 Å². The van der Waals surface area contributed by atoms with Gasteiger partial charge in [0.05, 0.1) is 31.5 Å². The minimum Gasteiger partial charge on any atom is -0.495 e. The van der Waals surface area contributed by atoms with Crippen LogP contribution < -0.4 is 15.4 Å². The van der Waals surface area contributed by atoms with Crippen LogP contribution in [0.2, 0.25) is 0 Å². The highest BCUT2D eigenvalue weighted by atomic mass is 79.9. The van der Waals surface area contributed by atoms with Gasteiger partial charge in [0.2, 0.25) is 0 Å². The van der Waals surface area contributed by atoms with Gasteiger partial charge in [-0.15, -0.1) is 0 Å². The fraction of sp³-hybridized carbons (Fsp3) is 0.462. The van der Waals surface area contributed by atoms with Crippen LogP contribution in [0.5, 0.6) is 5.75 Å². The fourth-order valence-corrected chi connectivity index (χ4v) is 2.40. The van der Waals surface area contributed by atoms with Crippen LogP contribution >= 0.6 is 15.9 Å². The summed E-state index contributed by atoms with van der Waals surface area (Å²) in [5.74, 6) is 0.559. The highest BCUT2D eigenvalue weighted by molar-refractivity contribution is 9.10. The van der Waals surface area contributed by atoms with Crippen LogP contribution in [-0.2, 0) is 4.74 Å². The zero-order valence-electron chi connectivity index (χ0n) is 11.1. The summed E-state index contributed by atoms with van der Waals surface area (Å²) in [6, 6.07) is 4.91. The van der Waals surface area contributed by atoms with Gasteiger partial charge < -0.3 is 25.2 Å². The molecular weight excluding hydrogens is 328 g/mol. The second-order valence-corrected chi connectivity index (χ2v) is 5.58. The number of anilines is 1. The Bertz CT molecular complexity index is 489. The lowest BCUT2D eigenvalue weighted by Gasteiger charge is -2.26. The molecule has 6 nitrogen and oxygen atoms in total. The number of benzene rings is 1. The third-order valence-corrected chi connectivity index (χ3v) is 3.69. The van der Waals surface area contributed by atoms with E-state index in [-0.39, 0.29) is 6.61 Å². The summed E-state index contributed by atoms with van der Waals surface area (Å²) in [5, 5.41) is 14.9. The van der Waals surface area contributed by atoms with Gasteiger partial charge in [0.1, 0.15) is 5.75 Å². The monoisotopic (exact) mass is 344 g/mol. The zero-order valence-corrected chi connectivity index (χ0v) is 12.7. The zero-order chi connectivity index (χ0) is 14.6. The van der Waals surface area contributed by atoms with E-state index in [0.717, 1.165) is 4.47 Å². The molecule has 1 aromatic rings. The molecule has 1 saturated heterocycles. The van der Waals surface area contributed by atoms with E-state index in [1.54, 1.807) is 12.1 Å². The van der Waals surface area contributed by atoms with Crippen LogP contribution in [0.3, 0.4) is 0 Å². The maximum atomic E-state index is 12.1. The van der Waals surface area contributed by atoms with Crippen molar-refractivity contribution in [2.45, 2.75) is 12.0 Å². The molecule has 1 aliphatic heterocycles. The van der Waals surface area contributed by atoms with E-state index < -0.39 is 11.6 Å². The number of hydrogen-bond acceptors (Lipinski definition) is 4. The number of ether oxygens (including phenoxy) is 2. The van der Waals surface area contributed by atoms with E-state index in [2.05, 4.69) is 26.6 Å². The first kappa shape index (κ1) is 15.1. The number of carbonyl (C=O) groups is 1. The molecule has 3 N–H and O–H groups in total. The first-order valence-corrected chi connectivity index (χ1v) is 6.99. The number of methoxy groups -OCH3 is 1. The van der Waals surface area contributed by atoms with Crippen molar-refractivity contribution < 1.29 is 19.4 Å². The molecule has 110 valence electrons. The lowest BCUT2D eigenvalue weighted by Crippen LogP contribution is -2.53. The van der Waals surface area contributed by atoms with Gasteiger partial charge in [-0.1, -0.05) is 15.9 Å². The van der Waals surface area contributed by atoms with Crippen LogP contribution in [-0.4, -0.2) is 43.6 Å². The van der Waals surface area contributed by atoms with E-state index in [1.807, 2.05) is 6.07 Å². The van der Waals surface area contributed by atoms with E-state index in [4.69, 9.17) is 9.47 Å². The Labute approximate surface area is 125 Å². The predicted octanol–water partition coefficient (Wildman–Crippen LogP) is 1.73. The Morgan fingerprint density at radius 3 is 3.00 bits per heavy atom. The molecule has 1 atom stereocenters. The number of aliphatic hydroxyl groups is 1. The molecule has 0 radical (unpaired) electrons. The number of nitrogens with one attached hydrogen (secondary N) is 2. The van der Waals surface area contributed by atoms with Crippen LogP contribution in [0, 0.1) is 0 Å². The minimum atomic E-state index is -0.705. The van der Waals surface area contributed by atoms with Gasteiger partial charge in [0, 0.05) is 11.1 Å². The lowest BCUT2D eigenvalue weighted by molar-refractivity contribution is 0.126. The van der Waals surface area contributed by atoms with Gasteiger partial charge >= 0.3 is 6.03 Å². The quantitative estimate of drug-likeness (QED) is 0.777. The Balaban J connectivity index is 2.06. The van der Waals surface area contributed by atoms with E-state index >= 15 is 0 Å². The molecule has 1 heterocycles. The molecule has 0 spiro atoms. The second kappa shape index (κ2) is 6.43. The molecule has 1 aliphatic rings. The van der Waals surface area contributed by atoms with Crippen molar-refractivity contribution >= 4 is 27.6 Å². The molecule has 1 aromatic carbocycles. The molecule has 1 fully saturated rings. The number of hydrogen-bond donors (Lipinski definition) is 3. The van der Waals surface area contributed by atoms with Crippen LogP contribution in [0.25, 0.3) is 0 Å². The molecular formula is C13H17BrN2O4. The molecule has 0 unspecified atom stereocenters. The summed E-state index contributed by atoms with van der Waals surface area (Å²) in [7, 11) is 1.53. The minimum absolute atomic E-state index is 0.157. The second-order valence-electron chi connectivity index (χ2n) is 4.66. The first-order chi connectivity index (χ1) is 9.58. The average molecular weight is 345 g/mol. The van der Waals surface area contributed by atoms with Gasteiger partial charge in [-0.25, -0.2) is 4.79 Å². The van der Waals surface area contributed by atoms with Gasteiger partial charge in [0.25, 0.3) is 0 Å². The van der Waals surface area contributed by atoms with Crippen molar-refractivity contribution in [1.29, 1.82) is 0 Å². The Morgan fingerprint density at radius 1 is 1.60 bits per heavy atom. The summed E-state index contributed by atoms with van der Waals surface area (Å²) >= 11 is 3.34. The smallest absolute Gasteiger partial charge is 0.319 e. The normalized spacial score (nSPS) is 21.6. The number of rotatable bonds is 4. The third-order valence-electron chi connectivity index (χ3n) is 3.19. The van der Waals surface area contributed by atoms with Crippen molar-refractivity contribution in [2.24, 2.45) is 0 Å². The van der Waals surface area contributed by atoms with Crippen molar-refractivity contribution in [3.05, 3.63) is 22.7 Å². The topological polar surface area (TPSA) is 79.8 Å². The van der Waals surface area contributed by atoms with Gasteiger partial charge in [0.15, 0.2) is 0 Å². The SMILES string of the molecule is COc1ccc(Br)cc1NC(=O)N[C@]1(CO)CCOC1. The van der Waals surface area contributed by atoms with Crippen molar-refractivity contribution in [3.63, 3.8) is 0 Å². The molecule has 7 heteroatoms. The Morgan fingerprint density at radius 2 is 2.40 bits per heavy atom. The summed E-state index contributed by atoms with van der Waals surface area (Å²) < 4.78 is 11.2. The molecule has 0 saturated carbocycles. The number of aliphatic hydroxyl groups excluding tert-OH is 1. The summed E-state index contributed by atoms with van der Waals surface area (Å²) in [6.45, 7) is 0.684. The molecule has 20 heavy (non-hydrogen) atoms. The number of amides is 2. The maximum absolute atomic E-state index is 12.1. The number of halogens is 1. The summed E-state index contributed by atoms with van der Waals surface area (Å²) in [4.78, 5) is 12.1. The average Bonchev–Trinajstić information content (AvgIpc) is 2.88. The lowest BCUT2D eigenvalue weighted by atomic mass is 10.0. The molecule has 0 aromatic heterocycles. The fourth-order valence-electron chi connectivity index (χ4n) is 2.04. The summed E-state index contributed by atoms with van der Waals surface area (Å²) in [6.07, 6.45) is 0.590. The molecule has 0 bridgehead atoms. The highest BCUT2D eigenvalue weighted by Crippen LogP contribution is 2.28. The third kappa shape index (κ3) is 3.41. The van der Waals surface area contributed by atoms with Crippen LogP contribution in [0.1, 0.15) is 6.42 Å². The predicted molar refractivity (Wildman–Crippen MR) is 78.1 cm³/mol. The van der Waals surface area contributed by atoms with E-state index in [1.165, 1.54) is 7.11 Å². The first-order valence-electron chi connectivity index (χ1n) is 6.20. The van der Waals surface area contributed by atoms with Crippen molar-refractivity contribution in [1.82, 2.24) is 5.32 Å². The Kier molecular flexibility index (Phi) is 4.85. The van der Waals surface area contributed by atoms with Gasteiger partial charge in [-0.2, -0.15) is 0 Å². The molecule has 0 aliphatic carbocycles. The van der Waals surface area contributed by atoms with Crippen molar-refractivity contribution in [3.8, 4) is 5.75 Å². The number of carbonyl (C=O) groups excluding carboxylic acids is 1. The maximum Gasteiger partial charge on any atom is 0.319 e. The number of urea groups is 1. The van der Waals surface area contributed by atoms with E-state index in [9.17, 15) is 9.90 Å². The van der Waals surface area contributed by atoms with Gasteiger partial charge in [-0.05, 0) is 24.6 Å². The van der Waals surface area contributed by atoms with E-state index in [0.29, 0.717) is 31.1 Å². The van der Waals surface area contributed by atoms with Crippen LogP contribution in [0.15, 0.2) is 22.7 Å².